The maximum atomic E-state index is 11.4. The lowest BCUT2D eigenvalue weighted by Gasteiger charge is -2.27. The zero-order valence-corrected chi connectivity index (χ0v) is 9.05. The highest BCUT2D eigenvalue weighted by atomic mass is 16.4. The maximum Gasteiger partial charge on any atom is 0.508 e. The molecule has 1 aromatic rings. The molecule has 0 bridgehead atoms. The molecule has 0 atom stereocenters. The number of carbonyl (C=O) groups is 1. The summed E-state index contributed by atoms with van der Waals surface area (Å²) in [6.45, 7) is 2.12. The number of aromatic nitrogens is 1. The smallest absolute Gasteiger partial charge is 0.422 e. The minimum Gasteiger partial charge on any atom is -0.422 e. The van der Waals surface area contributed by atoms with Crippen LogP contribution in [0.4, 0.5) is 5.82 Å². The molecule has 0 saturated carbocycles. The predicted octanol–water partition coefficient (Wildman–Crippen LogP) is -0.940. The number of pyridine rings is 1. The molecule has 0 spiro atoms. The molecule has 2 heterocycles. The zero-order valence-electron chi connectivity index (χ0n) is 9.05. The molecule has 5 nitrogen and oxygen atoms in total. The number of fused-ring (bicyclic) bond motifs is 1. The van der Waals surface area contributed by atoms with Crippen LogP contribution in [0.1, 0.15) is 18.9 Å². The van der Waals surface area contributed by atoms with Crippen molar-refractivity contribution in [2.24, 2.45) is 0 Å². The van der Waals surface area contributed by atoms with Crippen LogP contribution in [-0.2, 0) is 11.2 Å². The van der Waals surface area contributed by atoms with Crippen LogP contribution in [0, 0.1) is 0 Å². The fourth-order valence-electron chi connectivity index (χ4n) is 1.90. The minimum absolute atomic E-state index is 0.0713. The van der Waals surface area contributed by atoms with Crippen molar-refractivity contribution >= 4 is 24.4 Å². The third kappa shape index (κ3) is 1.94. The lowest BCUT2D eigenvalue weighted by atomic mass is 9.85. The molecule has 6 heteroatoms. The molecule has 1 aliphatic rings. The highest BCUT2D eigenvalue weighted by molar-refractivity contribution is 6.57. The molecule has 0 fully saturated rings. The summed E-state index contributed by atoms with van der Waals surface area (Å²) in [4.78, 5) is 17.1. The van der Waals surface area contributed by atoms with Crippen molar-refractivity contribution in [3.05, 3.63) is 17.7 Å². The third-order valence-electron chi connectivity index (χ3n) is 2.71. The fraction of sp³-hybridized carbons (Fsp3) is 0.400. The Morgan fingerprint density at radius 2 is 2.25 bits per heavy atom. The summed E-state index contributed by atoms with van der Waals surface area (Å²) in [7, 11) is -1.60. The summed E-state index contributed by atoms with van der Waals surface area (Å²) in [6, 6.07) is 3.37. The van der Waals surface area contributed by atoms with Gasteiger partial charge in [0.25, 0.3) is 0 Å². The Labute approximate surface area is 93.9 Å². The Morgan fingerprint density at radius 1 is 1.50 bits per heavy atom. The van der Waals surface area contributed by atoms with E-state index in [0.717, 1.165) is 18.4 Å². The Hall–Kier alpha value is -1.40. The number of hydrogen-bond donors (Lipinski definition) is 2. The lowest BCUT2D eigenvalue weighted by Crippen LogP contribution is -2.39. The van der Waals surface area contributed by atoms with Crippen molar-refractivity contribution in [1.29, 1.82) is 0 Å². The molecular formula is C10H13BN2O3. The molecule has 0 radical (unpaired) electrons. The molecule has 16 heavy (non-hydrogen) atoms. The van der Waals surface area contributed by atoms with Gasteiger partial charge in [0.1, 0.15) is 5.82 Å². The summed E-state index contributed by atoms with van der Waals surface area (Å²) < 4.78 is 0. The van der Waals surface area contributed by atoms with E-state index in [4.69, 9.17) is 10.0 Å². The first-order valence-corrected chi connectivity index (χ1v) is 5.23. The summed E-state index contributed by atoms with van der Waals surface area (Å²) in [5, 5.41) is 18.1. The number of hydrogen-bond acceptors (Lipinski definition) is 4. The second-order valence-corrected chi connectivity index (χ2v) is 3.87. The van der Waals surface area contributed by atoms with Crippen LogP contribution in [0.5, 0.6) is 0 Å². The molecule has 1 amide bonds. The normalized spacial score (nSPS) is 14.6. The van der Waals surface area contributed by atoms with E-state index in [0.29, 0.717) is 12.4 Å². The van der Waals surface area contributed by atoms with Gasteiger partial charge < -0.3 is 10.0 Å². The van der Waals surface area contributed by atoms with Gasteiger partial charge in [0.2, 0.25) is 5.91 Å². The highest BCUT2D eigenvalue weighted by Crippen LogP contribution is 2.23. The molecule has 2 rings (SSSR count). The van der Waals surface area contributed by atoms with Gasteiger partial charge in [-0.3, -0.25) is 9.69 Å². The quantitative estimate of drug-likeness (QED) is 0.599. The summed E-state index contributed by atoms with van der Waals surface area (Å²) in [5.41, 5.74) is 1.15. The molecular weight excluding hydrogens is 207 g/mol. The molecule has 0 saturated heterocycles. The van der Waals surface area contributed by atoms with Gasteiger partial charge in [0.05, 0.1) is 5.59 Å². The van der Waals surface area contributed by atoms with Crippen LogP contribution >= 0.6 is 0 Å². The first-order valence-electron chi connectivity index (χ1n) is 5.23. The fourth-order valence-corrected chi connectivity index (χ4v) is 1.90. The van der Waals surface area contributed by atoms with E-state index in [1.807, 2.05) is 0 Å². The Morgan fingerprint density at radius 3 is 2.88 bits per heavy atom. The minimum atomic E-state index is -1.60. The van der Waals surface area contributed by atoms with Gasteiger partial charge in [-0.1, -0.05) is 6.07 Å². The average molecular weight is 220 g/mol. The topological polar surface area (TPSA) is 73.7 Å². The van der Waals surface area contributed by atoms with Crippen LogP contribution in [0.3, 0.4) is 0 Å². The van der Waals surface area contributed by atoms with Crippen molar-refractivity contribution < 1.29 is 14.8 Å². The number of nitrogens with zero attached hydrogens (tertiary/aromatic N) is 2. The van der Waals surface area contributed by atoms with Crippen LogP contribution in [0.15, 0.2) is 12.1 Å². The van der Waals surface area contributed by atoms with Crippen molar-refractivity contribution in [2.75, 3.05) is 11.4 Å². The van der Waals surface area contributed by atoms with E-state index in [-0.39, 0.29) is 11.5 Å². The highest BCUT2D eigenvalue weighted by Gasteiger charge is 2.23. The van der Waals surface area contributed by atoms with E-state index < -0.39 is 7.12 Å². The maximum absolute atomic E-state index is 11.4. The second-order valence-electron chi connectivity index (χ2n) is 3.87. The molecule has 0 aliphatic carbocycles. The second kappa shape index (κ2) is 4.23. The van der Waals surface area contributed by atoms with Crippen molar-refractivity contribution in [1.82, 2.24) is 4.98 Å². The Kier molecular flexibility index (Phi) is 2.94. The van der Waals surface area contributed by atoms with Crippen LogP contribution in [0.25, 0.3) is 0 Å². The van der Waals surface area contributed by atoms with E-state index in [1.54, 1.807) is 17.0 Å². The largest absolute Gasteiger partial charge is 0.508 e. The number of anilines is 1. The molecule has 2 N–H and O–H groups in total. The molecule has 84 valence electrons. The summed E-state index contributed by atoms with van der Waals surface area (Å²) in [6.07, 6.45) is 1.78. The number of carbonyl (C=O) groups excluding carboxylic acids is 1. The predicted molar refractivity (Wildman–Crippen MR) is 60.4 cm³/mol. The molecule has 1 aromatic heterocycles. The first-order chi connectivity index (χ1) is 7.59. The van der Waals surface area contributed by atoms with Gasteiger partial charge in [-0.15, -0.1) is 0 Å². The number of amides is 1. The monoisotopic (exact) mass is 220 g/mol. The average Bonchev–Trinajstić information content (AvgIpc) is 2.27. The standard InChI is InChI=1S/C10H13BN2O3/c1-7(14)13-6-2-3-8-4-5-9(11(15)16)12-10(8)13/h4-5,15-16H,2-3,6H2,1H3. The van der Waals surface area contributed by atoms with E-state index in [1.165, 1.54) is 6.92 Å². The van der Waals surface area contributed by atoms with Crippen LogP contribution < -0.4 is 10.5 Å². The lowest BCUT2D eigenvalue weighted by molar-refractivity contribution is -0.116. The van der Waals surface area contributed by atoms with Crippen molar-refractivity contribution in [3.8, 4) is 0 Å². The van der Waals surface area contributed by atoms with Gasteiger partial charge in [-0.05, 0) is 24.5 Å². The molecule has 0 unspecified atom stereocenters. The van der Waals surface area contributed by atoms with Gasteiger partial charge in [0, 0.05) is 13.5 Å². The van der Waals surface area contributed by atoms with Crippen LogP contribution in [-0.4, -0.2) is 34.6 Å². The van der Waals surface area contributed by atoms with E-state index in [9.17, 15) is 4.79 Å². The van der Waals surface area contributed by atoms with Gasteiger partial charge in [0.15, 0.2) is 0 Å². The third-order valence-corrected chi connectivity index (χ3v) is 2.71. The Bertz CT molecular complexity index is 423. The van der Waals surface area contributed by atoms with Crippen LogP contribution in [0.2, 0.25) is 0 Å². The molecule has 1 aliphatic heterocycles. The molecule has 0 aromatic carbocycles. The van der Waals surface area contributed by atoms with Crippen molar-refractivity contribution in [2.45, 2.75) is 19.8 Å². The van der Waals surface area contributed by atoms with Gasteiger partial charge in [-0.2, -0.15) is 0 Å². The van der Waals surface area contributed by atoms with Gasteiger partial charge >= 0.3 is 7.12 Å². The SMILES string of the molecule is CC(=O)N1CCCc2ccc(B(O)O)nc21. The Balaban J connectivity index is 2.44. The number of aryl methyl sites for hydroxylation is 1. The van der Waals surface area contributed by atoms with E-state index in [2.05, 4.69) is 4.98 Å². The van der Waals surface area contributed by atoms with E-state index >= 15 is 0 Å². The van der Waals surface area contributed by atoms with Crippen molar-refractivity contribution in [3.63, 3.8) is 0 Å². The first kappa shape index (κ1) is 11.1. The number of rotatable bonds is 1. The summed E-state index contributed by atoms with van der Waals surface area (Å²) >= 11 is 0. The zero-order chi connectivity index (χ0) is 11.7. The van der Waals surface area contributed by atoms with Gasteiger partial charge in [-0.25, -0.2) is 4.98 Å². The summed E-state index contributed by atoms with van der Waals surface area (Å²) in [5.74, 6) is 0.488.